The number of carbonyl (C=O) groups excluding carboxylic acids is 1. The van der Waals surface area contributed by atoms with E-state index in [0.29, 0.717) is 13.0 Å². The van der Waals surface area contributed by atoms with Gasteiger partial charge in [0.1, 0.15) is 6.42 Å². The van der Waals surface area contributed by atoms with Crippen LogP contribution in [0.2, 0.25) is 0 Å². The van der Waals surface area contributed by atoms with Gasteiger partial charge in [-0.15, -0.1) is 0 Å². The van der Waals surface area contributed by atoms with E-state index in [1.165, 1.54) is 0 Å². The van der Waals surface area contributed by atoms with Crippen LogP contribution in [0.4, 0.5) is 13.2 Å². The molecule has 1 N–H and O–H groups in total. The molecule has 0 saturated carbocycles. The molecule has 0 aromatic carbocycles. The summed E-state index contributed by atoms with van der Waals surface area (Å²) in [5.41, 5.74) is 0. The molecule has 3 nitrogen and oxygen atoms in total. The normalized spacial score (nSPS) is 22.9. The van der Waals surface area contributed by atoms with Crippen molar-refractivity contribution in [1.82, 2.24) is 4.90 Å². The first-order valence-corrected chi connectivity index (χ1v) is 4.38. The van der Waals surface area contributed by atoms with Gasteiger partial charge in [-0.1, -0.05) is 0 Å². The number of nitrogens with zero attached hydrogens (tertiary/aromatic N) is 1. The van der Waals surface area contributed by atoms with Crippen molar-refractivity contribution in [2.24, 2.45) is 5.92 Å². The third-order valence-corrected chi connectivity index (χ3v) is 2.25. The van der Waals surface area contributed by atoms with E-state index in [2.05, 4.69) is 0 Å². The smallest absolute Gasteiger partial charge is 0.396 e. The van der Waals surface area contributed by atoms with E-state index in [4.69, 9.17) is 5.11 Å². The zero-order chi connectivity index (χ0) is 10.8. The summed E-state index contributed by atoms with van der Waals surface area (Å²) < 4.78 is 35.5. The van der Waals surface area contributed by atoms with Gasteiger partial charge in [0, 0.05) is 25.6 Å². The minimum atomic E-state index is -4.44. The molecule has 0 radical (unpaired) electrons. The van der Waals surface area contributed by atoms with E-state index >= 15 is 0 Å². The highest BCUT2D eigenvalue weighted by Crippen LogP contribution is 2.23. The van der Waals surface area contributed by atoms with Crippen LogP contribution in [0.1, 0.15) is 12.8 Å². The lowest BCUT2D eigenvalue weighted by atomic mass is 10.1. The highest BCUT2D eigenvalue weighted by Gasteiger charge is 2.35. The second kappa shape index (κ2) is 4.16. The molecule has 0 bridgehead atoms. The number of aliphatic hydroxyl groups excluding tert-OH is 1. The van der Waals surface area contributed by atoms with Crippen molar-refractivity contribution in [2.75, 3.05) is 19.7 Å². The predicted molar refractivity (Wildman–Crippen MR) is 42.4 cm³/mol. The number of aliphatic hydroxyl groups is 1. The van der Waals surface area contributed by atoms with Crippen molar-refractivity contribution in [3.8, 4) is 0 Å². The van der Waals surface area contributed by atoms with Crippen LogP contribution in [0.3, 0.4) is 0 Å². The lowest BCUT2D eigenvalue weighted by Gasteiger charge is -2.16. The lowest BCUT2D eigenvalue weighted by Crippen LogP contribution is -2.32. The molecule has 1 rings (SSSR count). The van der Waals surface area contributed by atoms with E-state index in [-0.39, 0.29) is 19.1 Å². The summed E-state index contributed by atoms with van der Waals surface area (Å²) in [6, 6.07) is 0. The number of alkyl halides is 3. The molecule has 0 aromatic heterocycles. The van der Waals surface area contributed by atoms with E-state index in [1.54, 1.807) is 0 Å². The second-order valence-electron chi connectivity index (χ2n) is 3.47. The van der Waals surface area contributed by atoms with Gasteiger partial charge in [0.2, 0.25) is 5.91 Å². The molecule has 82 valence electrons. The van der Waals surface area contributed by atoms with E-state index in [0.717, 1.165) is 4.90 Å². The Hall–Kier alpha value is -0.780. The number of amides is 1. The third kappa shape index (κ3) is 3.17. The van der Waals surface area contributed by atoms with Crippen molar-refractivity contribution in [3.63, 3.8) is 0 Å². The first-order chi connectivity index (χ1) is 6.42. The average molecular weight is 211 g/mol. The average Bonchev–Trinajstić information content (AvgIpc) is 2.48. The van der Waals surface area contributed by atoms with Gasteiger partial charge in [-0.2, -0.15) is 13.2 Å². The Morgan fingerprint density at radius 3 is 2.57 bits per heavy atom. The van der Waals surface area contributed by atoms with Gasteiger partial charge in [-0.05, 0) is 6.42 Å². The Morgan fingerprint density at radius 1 is 1.50 bits per heavy atom. The summed E-state index contributed by atoms with van der Waals surface area (Å²) in [4.78, 5) is 12.2. The van der Waals surface area contributed by atoms with Gasteiger partial charge >= 0.3 is 6.18 Å². The molecule has 1 saturated heterocycles. The zero-order valence-corrected chi connectivity index (χ0v) is 7.55. The molecule has 1 heterocycles. The Balaban J connectivity index is 2.40. The summed E-state index contributed by atoms with van der Waals surface area (Å²) in [6.07, 6.45) is -5.25. The summed E-state index contributed by atoms with van der Waals surface area (Å²) >= 11 is 0. The minimum absolute atomic E-state index is 0.0628. The Kier molecular flexibility index (Phi) is 3.36. The molecule has 6 heteroatoms. The van der Waals surface area contributed by atoms with Crippen molar-refractivity contribution in [2.45, 2.75) is 19.0 Å². The fourth-order valence-corrected chi connectivity index (χ4v) is 1.49. The molecular weight excluding hydrogens is 199 g/mol. The van der Waals surface area contributed by atoms with Crippen molar-refractivity contribution < 1.29 is 23.1 Å². The molecule has 0 aliphatic carbocycles. The zero-order valence-electron chi connectivity index (χ0n) is 7.55. The molecule has 0 spiro atoms. The van der Waals surface area contributed by atoms with Crippen LogP contribution in [-0.2, 0) is 4.79 Å². The van der Waals surface area contributed by atoms with Gasteiger partial charge in [0.05, 0.1) is 0 Å². The van der Waals surface area contributed by atoms with E-state index in [9.17, 15) is 18.0 Å². The maximum atomic E-state index is 11.8. The largest absolute Gasteiger partial charge is 0.397 e. The predicted octanol–water partition coefficient (Wildman–Crippen LogP) is 0.780. The summed E-state index contributed by atoms with van der Waals surface area (Å²) in [7, 11) is 0. The van der Waals surface area contributed by atoms with Crippen LogP contribution >= 0.6 is 0 Å². The number of carbonyl (C=O) groups is 1. The monoisotopic (exact) mass is 211 g/mol. The maximum Gasteiger partial charge on any atom is 0.397 e. The fraction of sp³-hybridized carbons (Fsp3) is 0.875. The van der Waals surface area contributed by atoms with Crippen LogP contribution in [0.25, 0.3) is 0 Å². The highest BCUT2D eigenvalue weighted by molar-refractivity contribution is 5.77. The maximum absolute atomic E-state index is 11.8. The van der Waals surface area contributed by atoms with Gasteiger partial charge in [0.15, 0.2) is 0 Å². The third-order valence-electron chi connectivity index (χ3n) is 2.25. The van der Waals surface area contributed by atoms with E-state index < -0.39 is 18.5 Å². The Morgan fingerprint density at radius 2 is 2.14 bits per heavy atom. The number of halogens is 3. The quantitative estimate of drug-likeness (QED) is 0.733. The Bertz CT molecular complexity index is 217. The van der Waals surface area contributed by atoms with Crippen molar-refractivity contribution >= 4 is 5.91 Å². The molecule has 1 aliphatic rings. The number of likely N-dealkylation sites (tertiary alicyclic amines) is 1. The lowest BCUT2D eigenvalue weighted by molar-refractivity contribution is -0.160. The number of rotatable bonds is 2. The fourth-order valence-electron chi connectivity index (χ4n) is 1.49. The van der Waals surface area contributed by atoms with Gasteiger partial charge in [-0.25, -0.2) is 0 Å². The van der Waals surface area contributed by atoms with Crippen LogP contribution in [0.5, 0.6) is 0 Å². The number of hydrogen-bond donors (Lipinski definition) is 1. The molecule has 1 atom stereocenters. The van der Waals surface area contributed by atoms with Gasteiger partial charge in [-0.3, -0.25) is 4.79 Å². The minimum Gasteiger partial charge on any atom is -0.396 e. The SMILES string of the molecule is O=C(CC(F)(F)F)N1CCC(CO)C1. The standard InChI is InChI=1S/C8H12F3NO2/c9-8(10,11)3-7(14)12-2-1-6(4-12)5-13/h6,13H,1-5H2. The molecule has 0 aromatic rings. The van der Waals surface area contributed by atoms with Gasteiger partial charge < -0.3 is 10.0 Å². The topological polar surface area (TPSA) is 40.5 Å². The molecule has 14 heavy (non-hydrogen) atoms. The molecule has 1 amide bonds. The first-order valence-electron chi connectivity index (χ1n) is 4.38. The van der Waals surface area contributed by atoms with Crippen molar-refractivity contribution in [1.29, 1.82) is 0 Å². The summed E-state index contributed by atoms with van der Waals surface area (Å²) in [6.45, 7) is 0.487. The molecule has 1 fully saturated rings. The van der Waals surface area contributed by atoms with E-state index in [1.807, 2.05) is 0 Å². The summed E-state index contributed by atoms with van der Waals surface area (Å²) in [5, 5.41) is 8.74. The molecular formula is C8H12F3NO2. The van der Waals surface area contributed by atoms with Gasteiger partial charge in [0.25, 0.3) is 0 Å². The second-order valence-corrected chi connectivity index (χ2v) is 3.47. The van der Waals surface area contributed by atoms with Crippen LogP contribution < -0.4 is 0 Å². The molecule has 1 unspecified atom stereocenters. The van der Waals surface area contributed by atoms with Crippen LogP contribution in [0, 0.1) is 5.92 Å². The number of hydrogen-bond acceptors (Lipinski definition) is 2. The first kappa shape index (κ1) is 11.3. The Labute approximate surface area is 79.5 Å². The molecule has 1 aliphatic heterocycles. The van der Waals surface area contributed by atoms with Crippen molar-refractivity contribution in [3.05, 3.63) is 0 Å². The van der Waals surface area contributed by atoms with Crippen LogP contribution in [0.15, 0.2) is 0 Å². The highest BCUT2D eigenvalue weighted by atomic mass is 19.4. The summed E-state index contributed by atoms with van der Waals surface area (Å²) in [5.74, 6) is -0.958. The van der Waals surface area contributed by atoms with Crippen LogP contribution in [-0.4, -0.2) is 41.8 Å².